The van der Waals surface area contributed by atoms with Crippen LogP contribution in [0.3, 0.4) is 0 Å². The fourth-order valence-corrected chi connectivity index (χ4v) is 3.13. The minimum atomic E-state index is -0.777. The van der Waals surface area contributed by atoms with E-state index in [0.717, 1.165) is 0 Å². The van der Waals surface area contributed by atoms with E-state index < -0.39 is 11.2 Å². The van der Waals surface area contributed by atoms with E-state index in [1.54, 1.807) is 38.2 Å². The normalized spacial score (nSPS) is 11.3. The van der Waals surface area contributed by atoms with E-state index in [-0.39, 0.29) is 28.9 Å². The first-order valence-electron chi connectivity index (χ1n) is 10.4. The van der Waals surface area contributed by atoms with Crippen LogP contribution in [0.25, 0.3) is 34.3 Å². The van der Waals surface area contributed by atoms with Crippen LogP contribution in [0.2, 0.25) is 0 Å². The molecule has 34 heavy (non-hydrogen) atoms. The Labute approximate surface area is 194 Å². The van der Waals surface area contributed by atoms with E-state index in [1.807, 2.05) is 0 Å². The number of benzene rings is 1. The Morgan fingerprint density at radius 2 is 1.94 bits per heavy atom. The molecule has 1 aromatic carbocycles. The van der Waals surface area contributed by atoms with Crippen LogP contribution in [-0.4, -0.2) is 38.2 Å². The van der Waals surface area contributed by atoms with Gasteiger partial charge in [-0.25, -0.2) is 14.4 Å². The standard InChI is InChI=1S/C23H22FN9O/c1-23(2,12-26)18-9-13(5-7-29-18)17-11-30-20(27)19(31-17)22-33-32-21(34-22)15-4-3-14(10-16(15)24)28-8-6-25/h3-5,7,9-11,28H,6,8,25H2,1-2H3,(H2,27,30). The van der Waals surface area contributed by atoms with Crippen molar-refractivity contribution in [2.45, 2.75) is 19.3 Å². The predicted octanol–water partition coefficient (Wildman–Crippen LogP) is 3.15. The Morgan fingerprint density at radius 1 is 1.15 bits per heavy atom. The lowest BCUT2D eigenvalue weighted by Crippen LogP contribution is -2.15. The molecule has 0 aliphatic rings. The van der Waals surface area contributed by atoms with Crippen molar-refractivity contribution >= 4 is 11.5 Å². The van der Waals surface area contributed by atoms with Crippen LogP contribution in [0.4, 0.5) is 15.9 Å². The number of halogens is 1. The molecule has 10 nitrogen and oxygen atoms in total. The number of nitrogen functional groups attached to an aromatic ring is 1. The average molecular weight is 459 g/mol. The van der Waals surface area contributed by atoms with Crippen LogP contribution in [0.1, 0.15) is 19.5 Å². The third kappa shape index (κ3) is 4.53. The summed E-state index contributed by atoms with van der Waals surface area (Å²) >= 11 is 0. The van der Waals surface area contributed by atoms with Gasteiger partial charge >= 0.3 is 0 Å². The van der Waals surface area contributed by atoms with E-state index in [0.29, 0.717) is 35.7 Å². The van der Waals surface area contributed by atoms with Crippen LogP contribution in [0.5, 0.6) is 0 Å². The van der Waals surface area contributed by atoms with Gasteiger partial charge in [0.15, 0.2) is 11.5 Å². The van der Waals surface area contributed by atoms with E-state index in [4.69, 9.17) is 15.9 Å². The molecule has 0 saturated carbocycles. The molecule has 0 spiro atoms. The molecular formula is C23H22FN9O. The largest absolute Gasteiger partial charge is 0.414 e. The van der Waals surface area contributed by atoms with Crippen molar-refractivity contribution in [3.05, 3.63) is 54.2 Å². The second-order valence-corrected chi connectivity index (χ2v) is 7.98. The molecule has 0 radical (unpaired) electrons. The van der Waals surface area contributed by atoms with Gasteiger partial charge in [0.25, 0.3) is 11.8 Å². The summed E-state index contributed by atoms with van der Waals surface area (Å²) in [6, 6.07) is 10.3. The van der Waals surface area contributed by atoms with Crippen molar-refractivity contribution in [3.63, 3.8) is 0 Å². The number of nitrogens with two attached hydrogens (primary N) is 2. The van der Waals surface area contributed by atoms with Crippen molar-refractivity contribution in [2.24, 2.45) is 5.73 Å². The molecule has 5 N–H and O–H groups in total. The summed E-state index contributed by atoms with van der Waals surface area (Å²) in [5.41, 5.74) is 13.3. The van der Waals surface area contributed by atoms with Gasteiger partial charge in [0.2, 0.25) is 0 Å². The van der Waals surface area contributed by atoms with E-state index >= 15 is 0 Å². The summed E-state index contributed by atoms with van der Waals surface area (Å²) in [5.74, 6) is -0.480. The van der Waals surface area contributed by atoms with Gasteiger partial charge in [-0.3, -0.25) is 4.98 Å². The Morgan fingerprint density at radius 3 is 2.68 bits per heavy atom. The van der Waals surface area contributed by atoms with Gasteiger partial charge in [0, 0.05) is 30.5 Å². The van der Waals surface area contributed by atoms with Gasteiger partial charge < -0.3 is 21.2 Å². The van der Waals surface area contributed by atoms with E-state index in [9.17, 15) is 9.65 Å². The molecule has 0 saturated heterocycles. The molecule has 4 rings (SSSR count). The molecule has 0 aliphatic carbocycles. The summed E-state index contributed by atoms with van der Waals surface area (Å²) < 4.78 is 20.3. The maximum atomic E-state index is 14.6. The highest BCUT2D eigenvalue weighted by atomic mass is 19.1. The van der Waals surface area contributed by atoms with Crippen molar-refractivity contribution in [3.8, 4) is 40.4 Å². The summed E-state index contributed by atoms with van der Waals surface area (Å²) in [6.45, 7) is 4.50. The second kappa shape index (κ2) is 9.21. The Kier molecular flexibility index (Phi) is 6.16. The van der Waals surface area contributed by atoms with Crippen LogP contribution < -0.4 is 16.8 Å². The fourth-order valence-electron chi connectivity index (χ4n) is 3.13. The zero-order chi connectivity index (χ0) is 24.3. The number of hydrogen-bond donors (Lipinski definition) is 3. The quantitative estimate of drug-likeness (QED) is 0.373. The summed E-state index contributed by atoms with van der Waals surface area (Å²) in [7, 11) is 0. The molecule has 0 aliphatic heterocycles. The first-order chi connectivity index (χ1) is 16.3. The van der Waals surface area contributed by atoms with Gasteiger partial charge in [0.05, 0.1) is 34.6 Å². The van der Waals surface area contributed by atoms with Crippen molar-refractivity contribution in [1.82, 2.24) is 25.1 Å². The Bertz CT molecular complexity index is 1380. The lowest BCUT2D eigenvalue weighted by Gasteiger charge is -2.15. The molecule has 3 heterocycles. The highest BCUT2D eigenvalue weighted by Crippen LogP contribution is 2.30. The summed E-state index contributed by atoms with van der Waals surface area (Å²) in [5, 5.41) is 20.4. The number of nitrogens with zero attached hydrogens (tertiary/aromatic N) is 6. The van der Waals surface area contributed by atoms with Crippen LogP contribution in [-0.2, 0) is 5.41 Å². The zero-order valence-corrected chi connectivity index (χ0v) is 18.6. The number of nitriles is 1. The predicted molar refractivity (Wildman–Crippen MR) is 125 cm³/mol. The lowest BCUT2D eigenvalue weighted by molar-refractivity contribution is 0.569. The maximum absolute atomic E-state index is 14.6. The highest BCUT2D eigenvalue weighted by molar-refractivity contribution is 5.69. The van der Waals surface area contributed by atoms with Crippen molar-refractivity contribution < 1.29 is 8.81 Å². The van der Waals surface area contributed by atoms with Crippen molar-refractivity contribution in [1.29, 1.82) is 5.26 Å². The van der Waals surface area contributed by atoms with E-state index in [1.165, 1.54) is 18.3 Å². The topological polar surface area (TPSA) is 165 Å². The molecule has 0 bridgehead atoms. The fraction of sp³-hybridized carbons (Fsp3) is 0.217. The molecule has 0 unspecified atom stereocenters. The molecule has 4 aromatic rings. The maximum Gasteiger partial charge on any atom is 0.270 e. The van der Waals surface area contributed by atoms with Crippen LogP contribution in [0.15, 0.2) is 47.1 Å². The number of hydrogen-bond acceptors (Lipinski definition) is 10. The van der Waals surface area contributed by atoms with Gasteiger partial charge in [-0.1, -0.05) is 0 Å². The smallest absolute Gasteiger partial charge is 0.270 e. The molecule has 172 valence electrons. The highest BCUT2D eigenvalue weighted by Gasteiger charge is 2.23. The molecule has 0 amide bonds. The molecular weight excluding hydrogens is 437 g/mol. The van der Waals surface area contributed by atoms with Crippen molar-refractivity contribution in [2.75, 3.05) is 24.1 Å². The second-order valence-electron chi connectivity index (χ2n) is 7.98. The van der Waals surface area contributed by atoms with E-state index in [2.05, 4.69) is 36.5 Å². The number of nitrogens with one attached hydrogen (secondary N) is 1. The van der Waals surface area contributed by atoms with Gasteiger partial charge in [-0.15, -0.1) is 10.2 Å². The summed E-state index contributed by atoms with van der Waals surface area (Å²) in [6.07, 6.45) is 3.10. The number of rotatable bonds is 7. The van der Waals surface area contributed by atoms with Gasteiger partial charge in [0.1, 0.15) is 5.82 Å². The minimum Gasteiger partial charge on any atom is -0.414 e. The summed E-state index contributed by atoms with van der Waals surface area (Å²) in [4.78, 5) is 13.0. The molecule has 0 atom stereocenters. The molecule has 3 aromatic heterocycles. The van der Waals surface area contributed by atoms with Gasteiger partial charge in [-0.2, -0.15) is 5.26 Å². The number of pyridine rings is 1. The first-order valence-corrected chi connectivity index (χ1v) is 10.4. The van der Waals surface area contributed by atoms with Gasteiger partial charge in [-0.05, 0) is 44.2 Å². The Balaban J connectivity index is 1.67. The third-order valence-electron chi connectivity index (χ3n) is 5.08. The number of aromatic nitrogens is 5. The first kappa shape index (κ1) is 22.8. The molecule has 11 heteroatoms. The zero-order valence-electron chi connectivity index (χ0n) is 18.6. The molecule has 0 fully saturated rings. The minimum absolute atomic E-state index is 0.00165. The Hall–Kier alpha value is -4.43. The average Bonchev–Trinajstić information content (AvgIpc) is 3.33. The van der Waals surface area contributed by atoms with Crippen LogP contribution in [0, 0.1) is 17.1 Å². The SMILES string of the molecule is CC(C)(C#N)c1cc(-c2cnc(N)c(-c3nnc(-c4ccc(NCCN)cc4F)o3)n2)ccn1. The van der Waals surface area contributed by atoms with Crippen LogP contribution >= 0.6 is 0 Å². The number of anilines is 2. The lowest BCUT2D eigenvalue weighted by atomic mass is 9.90. The third-order valence-corrected chi connectivity index (χ3v) is 5.08. The monoisotopic (exact) mass is 459 g/mol.